The zero-order valence-electron chi connectivity index (χ0n) is 29.6. The van der Waals surface area contributed by atoms with Crippen LogP contribution in [0.2, 0.25) is 5.02 Å². The fraction of sp³-hybridized carbons (Fsp3) is 0.447. The molecule has 4 aromatic rings. The topological polar surface area (TPSA) is 147 Å². The molecule has 2 heterocycles. The number of halogens is 1. The first-order valence-electron chi connectivity index (χ1n) is 17.7. The summed E-state index contributed by atoms with van der Waals surface area (Å²) in [6.07, 6.45) is 14.3. The van der Waals surface area contributed by atoms with E-state index in [0.717, 1.165) is 29.4 Å². The average Bonchev–Trinajstić information content (AvgIpc) is 3.65. The number of carbonyl (C=O) groups is 3. The van der Waals surface area contributed by atoms with Crippen molar-refractivity contribution in [2.45, 2.75) is 90.6 Å². The highest BCUT2D eigenvalue weighted by molar-refractivity contribution is 6.34. The van der Waals surface area contributed by atoms with E-state index >= 15 is 0 Å². The molecule has 0 aliphatic rings. The minimum atomic E-state index is -1.92. The van der Waals surface area contributed by atoms with Crippen molar-refractivity contribution in [2.75, 3.05) is 18.5 Å². The Morgan fingerprint density at radius 2 is 1.61 bits per heavy atom. The van der Waals surface area contributed by atoms with Gasteiger partial charge in [0.05, 0.1) is 42.4 Å². The first kappa shape index (κ1) is 39.0. The van der Waals surface area contributed by atoms with Crippen LogP contribution in [-0.4, -0.2) is 54.7 Å². The first-order valence-corrected chi connectivity index (χ1v) is 18.0. The van der Waals surface area contributed by atoms with Crippen LogP contribution < -0.4 is 15.7 Å². The highest BCUT2D eigenvalue weighted by atomic mass is 35.5. The molecule has 0 fully saturated rings. The second-order valence-electron chi connectivity index (χ2n) is 12.5. The van der Waals surface area contributed by atoms with Crippen LogP contribution in [0.4, 0.5) is 5.69 Å². The lowest BCUT2D eigenvalue weighted by molar-refractivity contribution is -0.118. The van der Waals surface area contributed by atoms with Gasteiger partial charge >= 0.3 is 11.7 Å². The van der Waals surface area contributed by atoms with E-state index in [4.69, 9.17) is 21.1 Å². The Morgan fingerprint density at radius 1 is 0.941 bits per heavy atom. The number of aryl methyl sites for hydroxylation is 1. The molecule has 0 spiro atoms. The summed E-state index contributed by atoms with van der Waals surface area (Å²) in [5, 5.41) is 14.0. The van der Waals surface area contributed by atoms with Gasteiger partial charge < -0.3 is 24.5 Å². The van der Waals surface area contributed by atoms with Crippen LogP contribution in [0, 0.1) is 0 Å². The summed E-state index contributed by atoms with van der Waals surface area (Å²) in [7, 11) is 1.65. The number of ether oxygens (including phenoxy) is 2. The van der Waals surface area contributed by atoms with Crippen LogP contribution in [0.5, 0.6) is 11.8 Å². The molecular formula is C38H48ClN5O7. The van der Waals surface area contributed by atoms with Crippen LogP contribution in [0.3, 0.4) is 0 Å². The van der Waals surface area contributed by atoms with Gasteiger partial charge in [0.1, 0.15) is 5.69 Å². The summed E-state index contributed by atoms with van der Waals surface area (Å²) >= 11 is 6.43. The number of ketones is 1. The standard InChI is InChI=1S/C38H48ClN5O7/c1-4-6-7-8-9-10-11-12-13-17-22-51-37(48)28-20-21-29(39)30(23-28)41-34(46)32(33(45)31-25-42(3)26-40-31)44-35(47)36(50-5-2)43(38(44)49)24-27-18-15-14-16-19-27/h14-16,18-21,23,25-26,32,47H,4-13,17,22,24H2,1-3H3,(H,41,46). The highest BCUT2D eigenvalue weighted by Gasteiger charge is 2.37. The molecule has 1 unspecified atom stereocenters. The van der Waals surface area contributed by atoms with E-state index in [9.17, 15) is 24.3 Å². The SMILES string of the molecule is CCCCCCCCCCCCOC(=O)c1ccc(Cl)c(NC(=O)C(C(=O)c2cn(C)cn2)n2c(O)c(OCC)n(Cc3ccccc3)c2=O)c1. The number of aromatic nitrogens is 4. The lowest BCUT2D eigenvalue weighted by Crippen LogP contribution is -2.39. The lowest BCUT2D eigenvalue weighted by atomic mass is 10.1. The Balaban J connectivity index is 1.51. The largest absolute Gasteiger partial charge is 0.491 e. The van der Waals surface area contributed by atoms with Gasteiger partial charge in [-0.2, -0.15) is 0 Å². The summed E-state index contributed by atoms with van der Waals surface area (Å²) < 4.78 is 14.5. The maximum Gasteiger partial charge on any atom is 0.338 e. The number of esters is 1. The Hall–Kier alpha value is -4.84. The minimum Gasteiger partial charge on any atom is -0.491 e. The van der Waals surface area contributed by atoms with Crippen LogP contribution in [0.15, 0.2) is 65.8 Å². The number of nitrogens with zero attached hydrogens (tertiary/aromatic N) is 4. The minimum absolute atomic E-state index is 0.00318. The Bertz CT molecular complexity index is 1810. The monoisotopic (exact) mass is 721 g/mol. The number of hydrogen-bond donors (Lipinski definition) is 2. The number of anilines is 1. The second-order valence-corrected chi connectivity index (χ2v) is 12.9. The molecular weight excluding hydrogens is 674 g/mol. The molecule has 1 amide bonds. The Labute approximate surface area is 303 Å². The van der Waals surface area contributed by atoms with Crippen molar-refractivity contribution in [3.63, 3.8) is 0 Å². The summed E-state index contributed by atoms with van der Waals surface area (Å²) in [5.41, 5.74) is -0.108. The zero-order chi connectivity index (χ0) is 36.8. The average molecular weight is 722 g/mol. The third-order valence-corrected chi connectivity index (χ3v) is 8.80. The molecule has 2 N–H and O–H groups in total. The lowest BCUT2D eigenvalue weighted by Gasteiger charge is -2.17. The van der Waals surface area contributed by atoms with Crippen LogP contribution >= 0.6 is 11.6 Å². The third kappa shape index (κ3) is 10.6. The molecule has 0 saturated heterocycles. The van der Waals surface area contributed by atoms with E-state index in [1.165, 1.54) is 80.2 Å². The number of aromatic hydroxyl groups is 1. The van der Waals surface area contributed by atoms with Gasteiger partial charge in [0.15, 0.2) is 6.04 Å². The Kier molecular flexibility index (Phi) is 14.9. The van der Waals surface area contributed by atoms with Gasteiger partial charge in [-0.3, -0.25) is 14.2 Å². The number of unbranched alkanes of at least 4 members (excludes halogenated alkanes) is 9. The van der Waals surface area contributed by atoms with E-state index in [1.54, 1.807) is 38.2 Å². The number of Topliss-reactive ketones (excluding diaryl/α,β-unsaturated/α-hetero) is 1. The van der Waals surface area contributed by atoms with Gasteiger partial charge in [0.2, 0.25) is 5.78 Å². The van der Waals surface area contributed by atoms with Crippen molar-refractivity contribution >= 4 is 34.9 Å². The third-order valence-electron chi connectivity index (χ3n) is 8.47. The molecule has 0 saturated carbocycles. The molecule has 0 aliphatic carbocycles. The second kappa shape index (κ2) is 19.5. The van der Waals surface area contributed by atoms with Gasteiger partial charge in [-0.25, -0.2) is 19.1 Å². The summed E-state index contributed by atoms with van der Waals surface area (Å²) in [6, 6.07) is 11.3. The molecule has 0 aliphatic heterocycles. The number of amides is 1. The molecule has 12 nitrogen and oxygen atoms in total. The molecule has 13 heteroatoms. The van der Waals surface area contributed by atoms with Crippen molar-refractivity contribution in [3.8, 4) is 11.8 Å². The highest BCUT2D eigenvalue weighted by Crippen LogP contribution is 2.32. The fourth-order valence-electron chi connectivity index (χ4n) is 5.77. The molecule has 274 valence electrons. The summed E-state index contributed by atoms with van der Waals surface area (Å²) in [6.45, 7) is 4.23. The van der Waals surface area contributed by atoms with E-state index < -0.39 is 35.3 Å². The molecule has 0 radical (unpaired) electrons. The number of rotatable bonds is 21. The van der Waals surface area contributed by atoms with E-state index in [1.807, 2.05) is 6.07 Å². The van der Waals surface area contributed by atoms with Crippen molar-refractivity contribution in [1.82, 2.24) is 18.7 Å². The smallest absolute Gasteiger partial charge is 0.338 e. The van der Waals surface area contributed by atoms with Gasteiger partial charge in [-0.1, -0.05) is 107 Å². The summed E-state index contributed by atoms with van der Waals surface area (Å²) in [5.74, 6) is -3.37. The van der Waals surface area contributed by atoms with Gasteiger partial charge in [-0.05, 0) is 37.1 Å². The maximum absolute atomic E-state index is 14.0. The van der Waals surface area contributed by atoms with E-state index in [-0.39, 0.29) is 47.6 Å². The van der Waals surface area contributed by atoms with Crippen LogP contribution in [0.25, 0.3) is 0 Å². The Morgan fingerprint density at radius 3 is 2.24 bits per heavy atom. The fourth-order valence-corrected chi connectivity index (χ4v) is 5.93. The predicted octanol–water partition coefficient (Wildman–Crippen LogP) is 7.33. The number of hydrogen-bond acceptors (Lipinski definition) is 8. The molecule has 2 aromatic carbocycles. The van der Waals surface area contributed by atoms with Crippen LogP contribution in [-0.2, 0) is 23.1 Å². The number of benzene rings is 2. The molecule has 51 heavy (non-hydrogen) atoms. The molecule has 4 rings (SSSR count). The van der Waals surface area contributed by atoms with E-state index in [2.05, 4.69) is 17.2 Å². The van der Waals surface area contributed by atoms with Gasteiger partial charge in [0.25, 0.3) is 17.7 Å². The van der Waals surface area contributed by atoms with Gasteiger partial charge in [-0.15, -0.1) is 0 Å². The number of nitrogens with one attached hydrogen (secondary N) is 1. The quantitative estimate of drug-likeness (QED) is 0.0394. The molecule has 1 atom stereocenters. The van der Waals surface area contributed by atoms with Crippen molar-refractivity contribution in [1.29, 1.82) is 0 Å². The normalized spacial score (nSPS) is 11.7. The predicted molar refractivity (Wildman–Crippen MR) is 196 cm³/mol. The molecule has 0 bridgehead atoms. The van der Waals surface area contributed by atoms with Crippen molar-refractivity contribution in [2.24, 2.45) is 7.05 Å². The van der Waals surface area contributed by atoms with E-state index in [0.29, 0.717) is 4.57 Å². The number of carbonyl (C=O) groups excluding carboxylic acids is 3. The van der Waals surface area contributed by atoms with Crippen LogP contribution in [0.1, 0.15) is 111 Å². The number of imidazole rings is 2. The van der Waals surface area contributed by atoms with Gasteiger partial charge in [0, 0.05) is 13.2 Å². The maximum atomic E-state index is 14.0. The summed E-state index contributed by atoms with van der Waals surface area (Å²) in [4.78, 5) is 58.9. The van der Waals surface area contributed by atoms with Crippen molar-refractivity contribution in [3.05, 3.63) is 93.4 Å². The first-order chi connectivity index (χ1) is 24.7. The van der Waals surface area contributed by atoms with Crippen molar-refractivity contribution < 1.29 is 29.0 Å². The zero-order valence-corrected chi connectivity index (χ0v) is 30.4. The molecule has 2 aromatic heterocycles.